The molecule has 4 aromatic rings. The third-order valence-electron chi connectivity index (χ3n) is 9.85. The second-order valence-corrected chi connectivity index (χ2v) is 16.6. The van der Waals surface area contributed by atoms with E-state index in [1.54, 1.807) is 38.4 Å². The van der Waals surface area contributed by atoms with E-state index in [1.165, 1.54) is 48.0 Å². The van der Waals surface area contributed by atoms with E-state index >= 15 is 4.39 Å². The van der Waals surface area contributed by atoms with Gasteiger partial charge in [-0.25, -0.2) is 28.2 Å². The van der Waals surface area contributed by atoms with Gasteiger partial charge < -0.3 is 36.1 Å². The average Bonchev–Trinajstić information content (AvgIpc) is 3.92. The number of aromatic nitrogens is 4. The van der Waals surface area contributed by atoms with Crippen molar-refractivity contribution in [2.45, 2.75) is 63.3 Å². The normalized spacial score (nSPS) is 19.3. The number of oxime groups is 2. The molecule has 22 heteroatoms. The number of imidazole rings is 1. The van der Waals surface area contributed by atoms with Gasteiger partial charge in [0, 0.05) is 41.5 Å². The summed E-state index contributed by atoms with van der Waals surface area (Å²) >= 11 is 8.90. The number of carbonyl (C=O) groups excluding carboxylic acids is 2. The molecular weight excluding hydrogens is 821 g/mol. The lowest BCUT2D eigenvalue weighted by Crippen LogP contribution is -2.62. The van der Waals surface area contributed by atoms with E-state index in [4.69, 9.17) is 37.5 Å². The molecule has 3 aromatic heterocycles. The number of carboxylic acids is 2. The van der Waals surface area contributed by atoms with Crippen molar-refractivity contribution in [1.29, 1.82) is 0 Å². The van der Waals surface area contributed by atoms with E-state index in [0.29, 0.717) is 37.3 Å². The number of benzene rings is 1. The van der Waals surface area contributed by atoms with E-state index < -0.39 is 46.3 Å². The summed E-state index contributed by atoms with van der Waals surface area (Å²) in [7, 11) is 0. The number of hydrogen-bond acceptors (Lipinski definition) is 13. The lowest BCUT2D eigenvalue weighted by Gasteiger charge is -2.49. The van der Waals surface area contributed by atoms with Crippen molar-refractivity contribution in [1.82, 2.24) is 19.1 Å². The maximum absolute atomic E-state index is 15.5. The highest BCUT2D eigenvalue weighted by Gasteiger charge is 2.54. The number of halogens is 2. The molecule has 306 valence electrons. The molecule has 0 radical (unpaired) electrons. The van der Waals surface area contributed by atoms with Crippen molar-refractivity contribution < 1.29 is 52.8 Å². The zero-order chi connectivity index (χ0) is 41.5. The minimum atomic E-state index is -1.77. The number of amidine groups is 1. The van der Waals surface area contributed by atoms with Crippen molar-refractivity contribution >= 4 is 80.7 Å². The number of fused-ring (bicyclic) bond motifs is 2. The number of ketones is 1. The van der Waals surface area contributed by atoms with Gasteiger partial charge in [0.1, 0.15) is 36.1 Å². The average molecular weight is 859 g/mol. The Hall–Kier alpha value is -5.51. The van der Waals surface area contributed by atoms with E-state index in [0.717, 1.165) is 11.3 Å². The molecule has 2 atom stereocenters. The number of hydrogen-bond donors (Lipinski definition) is 4. The van der Waals surface area contributed by atoms with Gasteiger partial charge >= 0.3 is 17.6 Å². The maximum atomic E-state index is 15.5. The Kier molecular flexibility index (Phi) is 11.5. The molecule has 6 heterocycles. The van der Waals surface area contributed by atoms with Gasteiger partial charge in [-0.05, 0) is 31.6 Å². The summed E-state index contributed by atoms with van der Waals surface area (Å²) in [5.74, 6) is -5.09. The molecule has 3 aliphatic rings. The number of amides is 1. The quantitative estimate of drug-likeness (QED) is 0.0443. The Labute approximate surface area is 342 Å². The van der Waals surface area contributed by atoms with Gasteiger partial charge in [-0.3, -0.25) is 14.5 Å². The molecule has 2 saturated heterocycles. The summed E-state index contributed by atoms with van der Waals surface area (Å²) in [5, 5.41) is 28.6. The van der Waals surface area contributed by atoms with Crippen LogP contribution in [0.25, 0.3) is 5.65 Å². The number of thiazole rings is 1. The fourth-order valence-corrected chi connectivity index (χ4v) is 8.83. The first-order valence-corrected chi connectivity index (χ1v) is 20.2. The van der Waals surface area contributed by atoms with E-state index in [1.807, 2.05) is 0 Å². The number of thioether (sulfide) groups is 1. The molecule has 6 N–H and O–H groups in total. The minimum absolute atomic E-state index is 0.00788. The van der Waals surface area contributed by atoms with E-state index in [9.17, 15) is 29.4 Å². The molecule has 0 spiro atoms. The molecule has 7 rings (SSSR count). The van der Waals surface area contributed by atoms with Crippen LogP contribution in [0, 0.1) is 11.7 Å². The monoisotopic (exact) mass is 858 g/mol. The fraction of sp³-hybridized carbons (Fsp3) is 0.389. The smallest absolute Gasteiger partial charge is 0.352 e. The summed E-state index contributed by atoms with van der Waals surface area (Å²) in [6.07, 6.45) is 6.07. The van der Waals surface area contributed by atoms with Gasteiger partial charge in [-0.2, -0.15) is 0 Å². The van der Waals surface area contributed by atoms with Crippen LogP contribution in [0.5, 0.6) is 0 Å². The molecule has 1 amide bonds. The number of nitrogen functional groups attached to an aromatic ring is 1. The number of anilines is 1. The topological polar surface area (TPSA) is 243 Å². The minimum Gasteiger partial charge on any atom is -0.478 e. The molecule has 3 aliphatic heterocycles. The Morgan fingerprint density at radius 1 is 1.19 bits per heavy atom. The molecule has 58 heavy (non-hydrogen) atoms. The summed E-state index contributed by atoms with van der Waals surface area (Å²) in [6.45, 7) is 3.81. The van der Waals surface area contributed by atoms with Crippen LogP contribution < -0.4 is 16.0 Å². The van der Waals surface area contributed by atoms with Crippen LogP contribution in [0.3, 0.4) is 0 Å². The molecule has 2 fully saturated rings. The van der Waals surface area contributed by atoms with Gasteiger partial charge in [-0.1, -0.05) is 21.9 Å². The van der Waals surface area contributed by atoms with Crippen molar-refractivity contribution in [3.63, 3.8) is 0 Å². The van der Waals surface area contributed by atoms with Crippen LogP contribution in [0.4, 0.5) is 9.52 Å². The summed E-state index contributed by atoms with van der Waals surface area (Å²) in [5.41, 5.74) is 11.2. The van der Waals surface area contributed by atoms with Crippen LogP contribution in [0.2, 0.25) is 5.02 Å². The number of aliphatic carboxylic acids is 2. The number of nitrogens with zero attached hydrogens (tertiary/aromatic N) is 7. The number of ether oxygens (including phenoxy) is 1. The fourth-order valence-electron chi connectivity index (χ4n) is 6.61. The first-order chi connectivity index (χ1) is 27.6. The molecule has 0 saturated carbocycles. The van der Waals surface area contributed by atoms with Crippen LogP contribution in [0.1, 0.15) is 49.9 Å². The highest BCUT2D eigenvalue weighted by atomic mass is 35.5. The third-order valence-corrected chi connectivity index (χ3v) is 12.3. The highest BCUT2D eigenvalue weighted by molar-refractivity contribution is 8.00. The summed E-state index contributed by atoms with van der Waals surface area (Å²) < 4.78 is 26.1. The standard InChI is InChI=1S/C36H37ClFN9O9S2/c1-36(2,34(52)53)56-42-28(25-17-58-35(40)41-25)26(48)13-21-31(49)47-29(33(50)51)19(16-57-32(21)47)14-45-6-3-27-44(7-8-46(27)45)15-22-23(37)11-18(12-24(22)38)30(39)43-55-20-4-9-54-10-5-20/h3,6-8,11-12,17,20-21,32H,4-5,9-10,13-16H2,1-2H3,(H5-,39,40,41,43,50,51,52,53)/p+1/b42-28-/t21-,32-/m1/s1. The molecule has 0 aliphatic carbocycles. The molecule has 18 nitrogen and oxygen atoms in total. The maximum Gasteiger partial charge on any atom is 0.352 e. The van der Waals surface area contributed by atoms with E-state index in [2.05, 4.69) is 15.3 Å². The number of Topliss-reactive ketones (excluding diaryl/α,β-unsaturated/α-hetero) is 1. The first kappa shape index (κ1) is 40.7. The summed E-state index contributed by atoms with van der Waals surface area (Å²) in [6, 6.07) is 4.56. The molecule has 1 aromatic carbocycles. The second kappa shape index (κ2) is 16.4. The van der Waals surface area contributed by atoms with Crippen molar-refractivity contribution in [2.75, 3.05) is 24.7 Å². The SMILES string of the molecule is CC(C)(O/N=C(\C(=O)C[C@@H]1C(=O)N2C(C(=O)O)=C(Cn3ccc4n3cc[n+]4Cc3c(F)cc(C(N)=NOC4CCOCC4)cc3Cl)CS[C@H]12)c1csc(N)n1)C(=O)O. The van der Waals surface area contributed by atoms with E-state index in [-0.39, 0.29) is 75.6 Å². The Morgan fingerprint density at radius 2 is 1.95 bits per heavy atom. The van der Waals surface area contributed by atoms with Crippen molar-refractivity contribution in [2.24, 2.45) is 22.0 Å². The van der Waals surface area contributed by atoms with Gasteiger partial charge in [0.2, 0.25) is 11.5 Å². The Balaban J connectivity index is 1.05. The molecule has 0 bridgehead atoms. The first-order valence-electron chi connectivity index (χ1n) is 17.9. The van der Waals surface area contributed by atoms with Gasteiger partial charge in [0.05, 0.1) is 48.3 Å². The predicted octanol–water partition coefficient (Wildman–Crippen LogP) is 2.84. The van der Waals surface area contributed by atoms with Gasteiger partial charge in [0.15, 0.2) is 28.7 Å². The van der Waals surface area contributed by atoms with Crippen LogP contribution in [-0.2, 0) is 46.7 Å². The number of carbonyl (C=O) groups is 4. The Bertz CT molecular complexity index is 2380. The number of carboxylic acid groups (broad SMARTS) is 2. The lowest BCUT2D eigenvalue weighted by atomic mass is 9.89. The van der Waals surface area contributed by atoms with Crippen LogP contribution in [-0.4, -0.2) is 101 Å². The van der Waals surface area contributed by atoms with Gasteiger partial charge in [-0.15, -0.1) is 27.6 Å². The van der Waals surface area contributed by atoms with Gasteiger partial charge in [0.25, 0.3) is 0 Å². The van der Waals surface area contributed by atoms with Crippen LogP contribution >= 0.6 is 34.7 Å². The highest BCUT2D eigenvalue weighted by Crippen LogP contribution is 2.45. The van der Waals surface area contributed by atoms with Crippen LogP contribution in [0.15, 0.2) is 63.8 Å². The molecule has 0 unspecified atom stereocenters. The van der Waals surface area contributed by atoms with Crippen molar-refractivity contribution in [3.05, 3.63) is 81.1 Å². The predicted molar refractivity (Wildman–Crippen MR) is 208 cm³/mol. The lowest BCUT2D eigenvalue weighted by molar-refractivity contribution is -0.662. The Morgan fingerprint density at radius 3 is 2.62 bits per heavy atom. The zero-order valence-corrected chi connectivity index (χ0v) is 33.4. The summed E-state index contributed by atoms with van der Waals surface area (Å²) in [4.78, 5) is 67.3. The third kappa shape index (κ3) is 8.11. The van der Waals surface area contributed by atoms with Crippen molar-refractivity contribution in [3.8, 4) is 0 Å². The molecular formula is C36H38ClFN9O9S2+. The number of β-lactam (4-membered cyclic amide) rings is 1. The second-order valence-electron chi connectivity index (χ2n) is 14.2. The zero-order valence-electron chi connectivity index (χ0n) is 31.0. The number of rotatable bonds is 15. The largest absolute Gasteiger partial charge is 0.478 e. The number of nitrogens with two attached hydrogens (primary N) is 2.